The highest BCUT2D eigenvalue weighted by Gasteiger charge is 2.17. The number of methoxy groups -OCH3 is 2. The molecule has 0 aliphatic carbocycles. The van der Waals surface area contributed by atoms with Gasteiger partial charge in [0.25, 0.3) is 5.91 Å². The third-order valence-corrected chi connectivity index (χ3v) is 4.35. The Morgan fingerprint density at radius 3 is 2.71 bits per heavy atom. The third kappa shape index (κ3) is 4.46. The van der Waals surface area contributed by atoms with Crippen molar-refractivity contribution in [1.82, 2.24) is 10.1 Å². The van der Waals surface area contributed by atoms with Crippen molar-refractivity contribution in [3.8, 4) is 22.8 Å². The molecule has 9 nitrogen and oxygen atoms in total. The van der Waals surface area contributed by atoms with E-state index in [4.69, 9.17) is 18.7 Å². The van der Waals surface area contributed by atoms with Crippen LogP contribution in [0.2, 0.25) is 0 Å². The first-order valence-corrected chi connectivity index (χ1v) is 8.96. The van der Waals surface area contributed by atoms with Gasteiger partial charge in [0.1, 0.15) is 11.5 Å². The molecule has 1 aromatic carbocycles. The van der Waals surface area contributed by atoms with Crippen LogP contribution in [-0.2, 0) is 9.53 Å². The second-order valence-electron chi connectivity index (χ2n) is 5.56. The molecule has 0 saturated heterocycles. The van der Waals surface area contributed by atoms with Crippen molar-refractivity contribution in [2.45, 2.75) is 6.92 Å². The summed E-state index contributed by atoms with van der Waals surface area (Å²) in [7, 11) is 3.13. The summed E-state index contributed by atoms with van der Waals surface area (Å²) in [5.41, 5.74) is 1.88. The third-order valence-electron chi connectivity index (χ3n) is 3.60. The number of carbonyl (C=O) groups is 2. The lowest BCUT2D eigenvalue weighted by Gasteiger charge is -2.08. The predicted molar refractivity (Wildman–Crippen MR) is 101 cm³/mol. The zero-order chi connectivity index (χ0) is 20.1. The van der Waals surface area contributed by atoms with E-state index in [1.54, 1.807) is 44.7 Å². The molecule has 10 heteroatoms. The van der Waals surface area contributed by atoms with Crippen molar-refractivity contribution >= 4 is 28.3 Å². The molecule has 1 N–H and O–H groups in total. The van der Waals surface area contributed by atoms with Crippen molar-refractivity contribution in [2.75, 3.05) is 26.1 Å². The van der Waals surface area contributed by atoms with Gasteiger partial charge in [0, 0.05) is 17.0 Å². The zero-order valence-corrected chi connectivity index (χ0v) is 16.2. The number of aryl methyl sites for hydroxylation is 1. The maximum Gasteiger partial charge on any atom is 0.377 e. The molecule has 0 radical (unpaired) electrons. The number of carbonyl (C=O) groups excluding carboxylic acids is 2. The Labute approximate surface area is 164 Å². The molecule has 0 bridgehead atoms. The van der Waals surface area contributed by atoms with Crippen molar-refractivity contribution in [3.63, 3.8) is 0 Å². The number of hydrogen-bond acceptors (Lipinski definition) is 9. The van der Waals surface area contributed by atoms with Crippen LogP contribution in [0.3, 0.4) is 0 Å². The van der Waals surface area contributed by atoms with Gasteiger partial charge in [-0.25, -0.2) is 9.78 Å². The van der Waals surface area contributed by atoms with Gasteiger partial charge in [-0.15, -0.1) is 11.3 Å². The Balaban J connectivity index is 1.63. The number of ether oxygens (including phenoxy) is 3. The van der Waals surface area contributed by atoms with Crippen LogP contribution < -0.4 is 14.8 Å². The maximum atomic E-state index is 12.0. The molecule has 146 valence electrons. The van der Waals surface area contributed by atoms with Gasteiger partial charge >= 0.3 is 5.97 Å². The van der Waals surface area contributed by atoms with Gasteiger partial charge in [-0.05, 0) is 25.1 Å². The van der Waals surface area contributed by atoms with Crippen LogP contribution in [0.15, 0.2) is 34.2 Å². The minimum Gasteiger partial charge on any atom is -0.497 e. The number of hydrogen-bond donors (Lipinski definition) is 1. The Hall–Kier alpha value is -3.40. The van der Waals surface area contributed by atoms with Crippen molar-refractivity contribution < 1.29 is 28.3 Å². The number of amides is 1. The van der Waals surface area contributed by atoms with Gasteiger partial charge in [-0.3, -0.25) is 10.1 Å². The number of benzene rings is 1. The summed E-state index contributed by atoms with van der Waals surface area (Å²) < 4.78 is 20.2. The Morgan fingerprint density at radius 1 is 1.21 bits per heavy atom. The van der Waals surface area contributed by atoms with E-state index >= 15 is 0 Å². The second-order valence-corrected chi connectivity index (χ2v) is 6.42. The molecule has 0 aliphatic rings. The second kappa shape index (κ2) is 8.53. The van der Waals surface area contributed by atoms with Crippen LogP contribution >= 0.6 is 11.3 Å². The first kappa shape index (κ1) is 19.4. The highest BCUT2D eigenvalue weighted by Crippen LogP contribution is 2.34. The van der Waals surface area contributed by atoms with Crippen LogP contribution in [0.25, 0.3) is 11.3 Å². The minimum atomic E-state index is -0.767. The summed E-state index contributed by atoms with van der Waals surface area (Å²) >= 11 is 1.23. The highest BCUT2D eigenvalue weighted by atomic mass is 32.1. The average Bonchev–Trinajstić information content (AvgIpc) is 3.34. The summed E-state index contributed by atoms with van der Waals surface area (Å²) in [6.45, 7) is 1.19. The maximum absolute atomic E-state index is 12.0. The normalized spacial score (nSPS) is 10.4. The zero-order valence-electron chi connectivity index (χ0n) is 15.3. The lowest BCUT2D eigenvalue weighted by molar-refractivity contribution is -0.119. The van der Waals surface area contributed by atoms with Crippen LogP contribution in [0.5, 0.6) is 11.5 Å². The van der Waals surface area contributed by atoms with Crippen LogP contribution in [-0.4, -0.2) is 42.8 Å². The summed E-state index contributed by atoms with van der Waals surface area (Å²) in [6, 6.07) is 6.77. The summed E-state index contributed by atoms with van der Waals surface area (Å²) in [6.07, 6.45) is 0. The molecule has 0 saturated carbocycles. The smallest absolute Gasteiger partial charge is 0.377 e. The molecule has 1 amide bonds. The van der Waals surface area contributed by atoms with Crippen molar-refractivity contribution in [2.24, 2.45) is 0 Å². The fourth-order valence-electron chi connectivity index (χ4n) is 2.29. The van der Waals surface area contributed by atoms with E-state index in [9.17, 15) is 9.59 Å². The van der Waals surface area contributed by atoms with E-state index in [-0.39, 0.29) is 5.76 Å². The first-order chi connectivity index (χ1) is 13.5. The molecule has 0 aliphatic heterocycles. The van der Waals surface area contributed by atoms with Crippen LogP contribution in [0, 0.1) is 6.92 Å². The SMILES string of the molecule is COc1ccc(OC)c(-c2csc(NC(=O)COC(=O)c3cc(C)no3)n2)c1. The Bertz CT molecular complexity index is 997. The van der Waals surface area contributed by atoms with Gasteiger partial charge in [0.05, 0.1) is 25.6 Å². The number of aromatic nitrogens is 2. The molecular weight excluding hydrogens is 386 g/mol. The molecule has 28 heavy (non-hydrogen) atoms. The molecule has 0 spiro atoms. The Morgan fingerprint density at radius 2 is 2.04 bits per heavy atom. The van der Waals surface area contributed by atoms with Crippen LogP contribution in [0.4, 0.5) is 5.13 Å². The quantitative estimate of drug-likeness (QED) is 0.599. The van der Waals surface area contributed by atoms with Gasteiger partial charge < -0.3 is 18.7 Å². The lowest BCUT2D eigenvalue weighted by atomic mass is 10.1. The molecule has 2 heterocycles. The van der Waals surface area contributed by atoms with E-state index in [0.29, 0.717) is 28.0 Å². The van der Waals surface area contributed by atoms with Crippen molar-refractivity contribution in [3.05, 3.63) is 41.1 Å². The van der Waals surface area contributed by atoms with Crippen molar-refractivity contribution in [1.29, 1.82) is 0 Å². The first-order valence-electron chi connectivity index (χ1n) is 8.08. The van der Waals surface area contributed by atoms with Gasteiger partial charge in [-0.2, -0.15) is 0 Å². The largest absolute Gasteiger partial charge is 0.497 e. The van der Waals surface area contributed by atoms with E-state index in [0.717, 1.165) is 5.56 Å². The molecule has 0 atom stereocenters. The molecule has 3 rings (SSSR count). The molecule has 3 aromatic rings. The molecular formula is C18H17N3O6S. The van der Waals surface area contributed by atoms with Gasteiger partial charge in [-0.1, -0.05) is 5.16 Å². The van der Waals surface area contributed by atoms with E-state index < -0.39 is 18.5 Å². The molecule has 0 fully saturated rings. The van der Waals surface area contributed by atoms with Crippen LogP contribution in [0.1, 0.15) is 16.2 Å². The number of nitrogens with zero attached hydrogens (tertiary/aromatic N) is 2. The topological polar surface area (TPSA) is 113 Å². The summed E-state index contributed by atoms with van der Waals surface area (Å²) in [4.78, 5) is 28.1. The number of thiazole rings is 1. The van der Waals surface area contributed by atoms with Gasteiger partial charge in [0.15, 0.2) is 11.7 Å². The number of nitrogens with one attached hydrogen (secondary N) is 1. The standard InChI is InChI=1S/C18H17N3O6S/c1-10-6-15(27-21-10)17(23)26-8-16(22)20-18-19-13(9-28-18)12-7-11(24-2)4-5-14(12)25-3/h4-7,9H,8H2,1-3H3,(H,19,20,22). The van der Waals surface area contributed by atoms with E-state index in [2.05, 4.69) is 15.5 Å². The summed E-state index contributed by atoms with van der Waals surface area (Å²) in [5.74, 6) is -0.0732. The fourth-order valence-corrected chi connectivity index (χ4v) is 3.01. The fraction of sp³-hybridized carbons (Fsp3) is 0.222. The van der Waals surface area contributed by atoms with Gasteiger partial charge in [0.2, 0.25) is 5.76 Å². The minimum absolute atomic E-state index is 0.0630. The highest BCUT2D eigenvalue weighted by molar-refractivity contribution is 7.14. The van der Waals surface area contributed by atoms with E-state index in [1.165, 1.54) is 17.4 Å². The molecule has 2 aromatic heterocycles. The number of rotatable bonds is 7. The predicted octanol–water partition coefficient (Wildman–Crippen LogP) is 2.92. The lowest BCUT2D eigenvalue weighted by Crippen LogP contribution is -2.20. The average molecular weight is 403 g/mol. The molecule has 0 unspecified atom stereocenters. The number of esters is 1. The van der Waals surface area contributed by atoms with E-state index in [1.807, 2.05) is 0 Å². The Kier molecular flexibility index (Phi) is 5.90. The summed E-state index contributed by atoms with van der Waals surface area (Å²) in [5, 5.41) is 8.30. The monoisotopic (exact) mass is 403 g/mol. The number of anilines is 1.